The number of amides is 1. The first kappa shape index (κ1) is 13.1. The number of ketones is 1. The Hall–Kier alpha value is -0.940. The lowest BCUT2D eigenvalue weighted by atomic mass is 9.99. The van der Waals surface area contributed by atoms with E-state index in [0.717, 1.165) is 12.8 Å². The average Bonchev–Trinajstić information content (AvgIpc) is 2.27. The summed E-state index contributed by atoms with van der Waals surface area (Å²) in [7, 11) is 3.59. The van der Waals surface area contributed by atoms with Crippen molar-refractivity contribution in [2.24, 2.45) is 0 Å². The Morgan fingerprint density at radius 3 is 2.44 bits per heavy atom. The predicted molar refractivity (Wildman–Crippen MR) is 61.9 cm³/mol. The molecule has 16 heavy (non-hydrogen) atoms. The molecule has 2 N–H and O–H groups in total. The van der Waals surface area contributed by atoms with Crippen molar-refractivity contribution in [3.8, 4) is 0 Å². The van der Waals surface area contributed by atoms with Gasteiger partial charge in [0.1, 0.15) is 0 Å². The normalized spacial score (nSPS) is 28.0. The molecule has 0 saturated carbocycles. The topological polar surface area (TPSA) is 61.4 Å². The summed E-state index contributed by atoms with van der Waals surface area (Å²) in [6.07, 6.45) is 1.64. The minimum atomic E-state index is -0.360. The van der Waals surface area contributed by atoms with Crippen LogP contribution in [0.1, 0.15) is 26.7 Å². The Morgan fingerprint density at radius 1 is 1.38 bits per heavy atom. The summed E-state index contributed by atoms with van der Waals surface area (Å²) in [6.45, 7) is 3.30. The number of likely N-dealkylation sites (N-methyl/N-ethyl adjacent to an activating group) is 1. The van der Waals surface area contributed by atoms with Crippen molar-refractivity contribution >= 4 is 11.7 Å². The Balaban J connectivity index is 2.88. The van der Waals surface area contributed by atoms with Crippen LogP contribution in [0.5, 0.6) is 0 Å². The van der Waals surface area contributed by atoms with E-state index in [-0.39, 0.29) is 29.9 Å². The predicted octanol–water partition coefficient (Wildman–Crippen LogP) is -0.280. The standard InChI is InChI=1S/C11H21N3O2/c1-7(8(2)15)14-10(13-4)6-5-9(12-3)11(14)16/h7,9-10,12-13H,5-6H2,1-4H3. The maximum Gasteiger partial charge on any atom is 0.241 e. The minimum absolute atomic E-state index is 0.0100. The van der Waals surface area contributed by atoms with Crippen LogP contribution in [0.25, 0.3) is 0 Å². The largest absolute Gasteiger partial charge is 0.316 e. The quantitative estimate of drug-likeness (QED) is 0.693. The molecule has 1 fully saturated rings. The van der Waals surface area contributed by atoms with E-state index in [1.54, 1.807) is 18.9 Å². The first-order chi connectivity index (χ1) is 7.52. The maximum atomic E-state index is 12.1. The zero-order valence-electron chi connectivity index (χ0n) is 10.4. The third-order valence-electron chi connectivity index (χ3n) is 3.30. The number of hydrogen-bond donors (Lipinski definition) is 2. The number of nitrogens with one attached hydrogen (secondary N) is 2. The van der Waals surface area contributed by atoms with Crippen LogP contribution < -0.4 is 10.6 Å². The van der Waals surface area contributed by atoms with Gasteiger partial charge >= 0.3 is 0 Å². The van der Waals surface area contributed by atoms with Crippen LogP contribution in [0.4, 0.5) is 0 Å². The summed E-state index contributed by atoms with van der Waals surface area (Å²) in [6, 6.07) is -0.521. The van der Waals surface area contributed by atoms with Gasteiger partial charge in [0.15, 0.2) is 5.78 Å². The van der Waals surface area contributed by atoms with Gasteiger partial charge in [0.05, 0.1) is 18.2 Å². The van der Waals surface area contributed by atoms with Crippen LogP contribution in [-0.4, -0.2) is 48.9 Å². The highest BCUT2D eigenvalue weighted by molar-refractivity contribution is 5.90. The monoisotopic (exact) mass is 227 g/mol. The molecule has 1 heterocycles. The molecule has 0 aromatic heterocycles. The fourth-order valence-electron chi connectivity index (χ4n) is 2.13. The van der Waals surface area contributed by atoms with E-state index in [0.29, 0.717) is 0 Å². The van der Waals surface area contributed by atoms with Crippen LogP contribution in [0.2, 0.25) is 0 Å². The summed E-state index contributed by atoms with van der Waals surface area (Å²) >= 11 is 0. The number of rotatable bonds is 4. The molecule has 5 nitrogen and oxygen atoms in total. The SMILES string of the molecule is CNC1CCC(NC)N(C(C)C(C)=O)C1=O. The summed E-state index contributed by atoms with van der Waals surface area (Å²) in [5, 5.41) is 6.08. The molecule has 1 saturated heterocycles. The number of piperidine rings is 1. The van der Waals surface area contributed by atoms with Crippen molar-refractivity contribution in [3.63, 3.8) is 0 Å². The summed E-state index contributed by atoms with van der Waals surface area (Å²) < 4.78 is 0. The van der Waals surface area contributed by atoms with Gasteiger partial charge in [0.25, 0.3) is 0 Å². The van der Waals surface area contributed by atoms with E-state index < -0.39 is 0 Å². The molecule has 0 spiro atoms. The van der Waals surface area contributed by atoms with E-state index >= 15 is 0 Å². The number of hydrogen-bond acceptors (Lipinski definition) is 4. The van der Waals surface area contributed by atoms with Crippen LogP contribution in [-0.2, 0) is 9.59 Å². The fraction of sp³-hybridized carbons (Fsp3) is 0.818. The molecule has 1 aliphatic rings. The molecule has 1 amide bonds. The van der Waals surface area contributed by atoms with Gasteiger partial charge in [0.2, 0.25) is 5.91 Å². The molecule has 0 radical (unpaired) electrons. The van der Waals surface area contributed by atoms with Crippen LogP contribution in [0.15, 0.2) is 0 Å². The molecule has 0 aliphatic carbocycles. The van der Waals surface area contributed by atoms with Gasteiger partial charge in [-0.05, 0) is 40.8 Å². The van der Waals surface area contributed by atoms with Gasteiger partial charge in [-0.3, -0.25) is 9.59 Å². The number of nitrogens with zero attached hydrogens (tertiary/aromatic N) is 1. The van der Waals surface area contributed by atoms with Crippen molar-refractivity contribution < 1.29 is 9.59 Å². The maximum absolute atomic E-state index is 12.1. The van der Waals surface area contributed by atoms with E-state index in [4.69, 9.17) is 0 Å². The zero-order valence-corrected chi connectivity index (χ0v) is 10.4. The van der Waals surface area contributed by atoms with Gasteiger partial charge in [0, 0.05) is 0 Å². The van der Waals surface area contributed by atoms with Gasteiger partial charge in [-0.25, -0.2) is 0 Å². The van der Waals surface area contributed by atoms with Crippen molar-refractivity contribution in [2.75, 3.05) is 14.1 Å². The molecule has 5 heteroatoms. The number of carbonyl (C=O) groups is 2. The molecular formula is C11H21N3O2. The number of likely N-dealkylation sites (tertiary alicyclic amines) is 1. The van der Waals surface area contributed by atoms with Crippen molar-refractivity contribution in [1.82, 2.24) is 15.5 Å². The summed E-state index contributed by atoms with van der Waals surface area (Å²) in [5.74, 6) is 0.0288. The Labute approximate surface area is 96.6 Å². The Kier molecular flexibility index (Phi) is 4.44. The minimum Gasteiger partial charge on any atom is -0.316 e. The van der Waals surface area contributed by atoms with Gasteiger partial charge in [-0.15, -0.1) is 0 Å². The molecular weight excluding hydrogens is 206 g/mol. The Morgan fingerprint density at radius 2 is 2.00 bits per heavy atom. The molecule has 92 valence electrons. The second-order valence-electron chi connectivity index (χ2n) is 4.26. The first-order valence-corrected chi connectivity index (χ1v) is 5.70. The van der Waals surface area contributed by atoms with Crippen LogP contribution in [0, 0.1) is 0 Å². The third-order valence-corrected chi connectivity index (χ3v) is 3.30. The summed E-state index contributed by atoms with van der Waals surface area (Å²) in [4.78, 5) is 25.2. The molecule has 1 aliphatic heterocycles. The van der Waals surface area contributed by atoms with Gasteiger partial charge in [-0.1, -0.05) is 0 Å². The van der Waals surface area contributed by atoms with Gasteiger partial charge in [-0.2, -0.15) is 0 Å². The fourth-order valence-corrected chi connectivity index (χ4v) is 2.13. The summed E-state index contributed by atoms with van der Waals surface area (Å²) in [5.41, 5.74) is 0. The lowest BCUT2D eigenvalue weighted by Crippen LogP contribution is -2.62. The number of carbonyl (C=O) groups excluding carboxylic acids is 2. The van der Waals surface area contributed by atoms with Gasteiger partial charge < -0.3 is 15.5 Å². The lowest BCUT2D eigenvalue weighted by Gasteiger charge is -2.41. The van der Waals surface area contributed by atoms with Crippen LogP contribution >= 0.6 is 0 Å². The lowest BCUT2D eigenvalue weighted by molar-refractivity contribution is -0.147. The molecule has 1 rings (SSSR count). The zero-order chi connectivity index (χ0) is 12.3. The molecule has 3 atom stereocenters. The van der Waals surface area contributed by atoms with Crippen LogP contribution in [0.3, 0.4) is 0 Å². The number of Topliss-reactive ketones (excluding diaryl/α,β-unsaturated/α-hetero) is 1. The highest BCUT2D eigenvalue weighted by Gasteiger charge is 2.37. The van der Waals surface area contributed by atoms with E-state index in [1.807, 2.05) is 7.05 Å². The molecule has 3 unspecified atom stereocenters. The third kappa shape index (κ3) is 2.41. The average molecular weight is 227 g/mol. The molecule has 0 bridgehead atoms. The second kappa shape index (κ2) is 5.41. The van der Waals surface area contributed by atoms with Crippen molar-refractivity contribution in [2.45, 2.75) is 44.9 Å². The van der Waals surface area contributed by atoms with Crippen molar-refractivity contribution in [1.29, 1.82) is 0 Å². The highest BCUT2D eigenvalue weighted by atomic mass is 16.2. The smallest absolute Gasteiger partial charge is 0.241 e. The molecule has 0 aromatic carbocycles. The second-order valence-corrected chi connectivity index (χ2v) is 4.26. The van der Waals surface area contributed by atoms with Crippen molar-refractivity contribution in [3.05, 3.63) is 0 Å². The van der Waals surface area contributed by atoms with E-state index in [1.165, 1.54) is 6.92 Å². The first-order valence-electron chi connectivity index (χ1n) is 5.70. The van der Waals surface area contributed by atoms with E-state index in [9.17, 15) is 9.59 Å². The highest BCUT2D eigenvalue weighted by Crippen LogP contribution is 2.19. The van der Waals surface area contributed by atoms with E-state index in [2.05, 4.69) is 10.6 Å². The molecule has 0 aromatic rings. The Bertz CT molecular complexity index is 280.